The first-order chi connectivity index (χ1) is 11.5. The summed E-state index contributed by atoms with van der Waals surface area (Å²) in [7, 11) is 3.40. The van der Waals surface area contributed by atoms with Crippen LogP contribution in [-0.2, 0) is 11.3 Å². The van der Waals surface area contributed by atoms with E-state index in [1.165, 1.54) is 17.0 Å². The van der Waals surface area contributed by atoms with E-state index in [-0.39, 0.29) is 18.0 Å². The first-order valence-corrected chi connectivity index (χ1v) is 7.49. The van der Waals surface area contributed by atoms with Gasteiger partial charge in [0, 0.05) is 37.6 Å². The van der Waals surface area contributed by atoms with Gasteiger partial charge in [-0.15, -0.1) is 0 Å². The molecule has 0 bridgehead atoms. The lowest BCUT2D eigenvalue weighted by Gasteiger charge is -2.12. The third-order valence-corrected chi connectivity index (χ3v) is 3.90. The van der Waals surface area contributed by atoms with E-state index >= 15 is 0 Å². The van der Waals surface area contributed by atoms with Gasteiger partial charge in [-0.2, -0.15) is 0 Å². The third kappa shape index (κ3) is 3.13. The van der Waals surface area contributed by atoms with E-state index in [4.69, 9.17) is 0 Å². The Morgan fingerprint density at radius 1 is 1.21 bits per heavy atom. The summed E-state index contributed by atoms with van der Waals surface area (Å²) in [5, 5.41) is 0. The van der Waals surface area contributed by atoms with Gasteiger partial charge in [0.2, 0.25) is 5.91 Å². The summed E-state index contributed by atoms with van der Waals surface area (Å²) in [4.78, 5) is 17.8. The number of carbonyl (C=O) groups excluding carboxylic acids is 1. The molecule has 0 fully saturated rings. The molecule has 124 valence electrons. The van der Waals surface area contributed by atoms with Gasteiger partial charge in [0.25, 0.3) is 6.43 Å². The Balaban J connectivity index is 2.01. The van der Waals surface area contributed by atoms with Gasteiger partial charge in [-0.1, -0.05) is 18.2 Å². The minimum atomic E-state index is -2.51. The molecule has 0 N–H and O–H groups in total. The normalized spacial score (nSPS) is 11.2. The number of aromatic nitrogens is 2. The van der Waals surface area contributed by atoms with Crippen molar-refractivity contribution in [3.05, 3.63) is 54.4 Å². The molecular weight excluding hydrogens is 312 g/mol. The van der Waals surface area contributed by atoms with Crippen LogP contribution in [0, 0.1) is 0 Å². The SMILES string of the molecule is CN(C)C(=O)Cn1ccc2ncc(-c3cccc(C(F)F)c3)cc21. The summed E-state index contributed by atoms with van der Waals surface area (Å²) < 4.78 is 27.6. The standard InChI is InChI=1S/C18H17F2N3O/c1-22(2)17(24)11-23-7-6-15-16(23)9-14(10-21-15)12-4-3-5-13(8-12)18(19)20/h3-10,18H,11H2,1-2H3. The van der Waals surface area contributed by atoms with Crippen molar-refractivity contribution < 1.29 is 13.6 Å². The minimum Gasteiger partial charge on any atom is -0.347 e. The van der Waals surface area contributed by atoms with Crippen LogP contribution in [0.4, 0.5) is 8.78 Å². The zero-order chi connectivity index (χ0) is 17.3. The Labute approximate surface area is 138 Å². The van der Waals surface area contributed by atoms with Crippen LogP contribution < -0.4 is 0 Å². The fourth-order valence-corrected chi connectivity index (χ4v) is 2.50. The van der Waals surface area contributed by atoms with E-state index in [1.807, 2.05) is 16.7 Å². The first kappa shape index (κ1) is 16.1. The van der Waals surface area contributed by atoms with E-state index < -0.39 is 6.43 Å². The molecule has 0 atom stereocenters. The molecule has 0 spiro atoms. The first-order valence-electron chi connectivity index (χ1n) is 7.49. The predicted octanol–water partition coefficient (Wildman–Crippen LogP) is 3.73. The Morgan fingerprint density at radius 2 is 2.00 bits per heavy atom. The monoisotopic (exact) mass is 329 g/mol. The summed E-state index contributed by atoms with van der Waals surface area (Å²) in [5.74, 6) is -0.0300. The minimum absolute atomic E-state index is 0.0224. The molecule has 3 aromatic rings. The van der Waals surface area contributed by atoms with Crippen molar-refractivity contribution in [1.29, 1.82) is 0 Å². The van der Waals surface area contributed by atoms with Gasteiger partial charge < -0.3 is 9.47 Å². The third-order valence-electron chi connectivity index (χ3n) is 3.90. The number of amides is 1. The average Bonchev–Trinajstić information content (AvgIpc) is 2.97. The van der Waals surface area contributed by atoms with Gasteiger partial charge in [-0.3, -0.25) is 9.78 Å². The van der Waals surface area contributed by atoms with Crippen molar-refractivity contribution in [2.24, 2.45) is 0 Å². The van der Waals surface area contributed by atoms with Crippen molar-refractivity contribution in [3.63, 3.8) is 0 Å². The van der Waals surface area contributed by atoms with Gasteiger partial charge in [-0.05, 0) is 23.8 Å². The fraction of sp³-hybridized carbons (Fsp3) is 0.222. The maximum absolute atomic E-state index is 12.9. The lowest BCUT2D eigenvalue weighted by atomic mass is 10.0. The molecule has 0 radical (unpaired) electrons. The molecule has 4 nitrogen and oxygen atoms in total. The van der Waals surface area contributed by atoms with Gasteiger partial charge >= 0.3 is 0 Å². The highest BCUT2D eigenvalue weighted by molar-refractivity contribution is 5.84. The smallest absolute Gasteiger partial charge is 0.263 e. The molecule has 0 aliphatic rings. The highest BCUT2D eigenvalue weighted by atomic mass is 19.3. The number of nitrogens with zero attached hydrogens (tertiary/aromatic N) is 3. The fourth-order valence-electron chi connectivity index (χ4n) is 2.50. The highest BCUT2D eigenvalue weighted by Crippen LogP contribution is 2.27. The number of fused-ring (bicyclic) bond motifs is 1. The van der Waals surface area contributed by atoms with Crippen LogP contribution in [0.3, 0.4) is 0 Å². The maximum atomic E-state index is 12.9. The highest BCUT2D eigenvalue weighted by Gasteiger charge is 2.11. The number of carbonyl (C=O) groups is 1. The molecule has 1 aromatic carbocycles. The Hall–Kier alpha value is -2.76. The number of benzene rings is 1. The molecule has 2 heterocycles. The lowest BCUT2D eigenvalue weighted by Crippen LogP contribution is -2.25. The Morgan fingerprint density at radius 3 is 2.71 bits per heavy atom. The van der Waals surface area contributed by atoms with E-state index in [9.17, 15) is 13.6 Å². The number of pyridine rings is 1. The van der Waals surface area contributed by atoms with Crippen LogP contribution in [0.1, 0.15) is 12.0 Å². The molecule has 0 unspecified atom stereocenters. The van der Waals surface area contributed by atoms with Crippen molar-refractivity contribution in [3.8, 4) is 11.1 Å². The van der Waals surface area contributed by atoms with Crippen LogP contribution in [0.2, 0.25) is 0 Å². The van der Waals surface area contributed by atoms with Gasteiger partial charge in [0.05, 0.1) is 11.0 Å². The summed E-state index contributed by atoms with van der Waals surface area (Å²) in [6.45, 7) is 0.207. The van der Waals surface area contributed by atoms with Gasteiger partial charge in [-0.25, -0.2) is 8.78 Å². The number of hydrogen-bond donors (Lipinski definition) is 0. The Kier molecular flexibility index (Phi) is 4.29. The number of hydrogen-bond acceptors (Lipinski definition) is 2. The predicted molar refractivity (Wildman–Crippen MR) is 88.8 cm³/mol. The van der Waals surface area contributed by atoms with Crippen LogP contribution >= 0.6 is 0 Å². The zero-order valence-electron chi connectivity index (χ0n) is 13.4. The van der Waals surface area contributed by atoms with Crippen LogP contribution in [0.15, 0.2) is 48.8 Å². The van der Waals surface area contributed by atoms with Gasteiger partial charge in [0.15, 0.2) is 0 Å². The number of rotatable bonds is 4. The van der Waals surface area contributed by atoms with Crippen molar-refractivity contribution >= 4 is 16.9 Å². The van der Waals surface area contributed by atoms with E-state index in [0.717, 1.165) is 16.6 Å². The molecule has 3 rings (SSSR count). The van der Waals surface area contributed by atoms with Crippen LogP contribution in [0.25, 0.3) is 22.2 Å². The average molecular weight is 329 g/mol. The molecule has 0 saturated heterocycles. The quantitative estimate of drug-likeness (QED) is 0.731. The maximum Gasteiger partial charge on any atom is 0.263 e. The molecule has 0 saturated carbocycles. The van der Waals surface area contributed by atoms with E-state index in [1.54, 1.807) is 38.6 Å². The largest absolute Gasteiger partial charge is 0.347 e. The molecule has 0 aliphatic carbocycles. The summed E-state index contributed by atoms with van der Waals surface area (Å²) in [5.41, 5.74) is 2.95. The number of alkyl halides is 2. The number of likely N-dealkylation sites (N-methyl/N-ethyl adjacent to an activating group) is 1. The van der Waals surface area contributed by atoms with Crippen LogP contribution in [0.5, 0.6) is 0 Å². The number of halogens is 2. The van der Waals surface area contributed by atoms with Crippen molar-refractivity contribution in [2.75, 3.05) is 14.1 Å². The molecule has 0 aliphatic heterocycles. The molecular formula is C18H17F2N3O. The summed E-state index contributed by atoms with van der Waals surface area (Å²) in [6.07, 6.45) is 0.951. The molecule has 6 heteroatoms. The second kappa shape index (κ2) is 6.39. The Bertz CT molecular complexity index is 887. The topological polar surface area (TPSA) is 38.1 Å². The van der Waals surface area contributed by atoms with Gasteiger partial charge in [0.1, 0.15) is 6.54 Å². The second-order valence-corrected chi connectivity index (χ2v) is 5.79. The summed E-state index contributed by atoms with van der Waals surface area (Å²) in [6, 6.07) is 9.94. The van der Waals surface area contributed by atoms with E-state index in [0.29, 0.717) is 5.56 Å². The van der Waals surface area contributed by atoms with Crippen LogP contribution in [-0.4, -0.2) is 34.5 Å². The zero-order valence-corrected chi connectivity index (χ0v) is 13.4. The molecule has 1 amide bonds. The van der Waals surface area contributed by atoms with E-state index in [2.05, 4.69) is 4.98 Å². The lowest BCUT2D eigenvalue weighted by molar-refractivity contribution is -0.129. The van der Waals surface area contributed by atoms with Crippen molar-refractivity contribution in [1.82, 2.24) is 14.5 Å². The molecule has 24 heavy (non-hydrogen) atoms. The van der Waals surface area contributed by atoms with Crippen molar-refractivity contribution in [2.45, 2.75) is 13.0 Å². The summed E-state index contributed by atoms with van der Waals surface area (Å²) >= 11 is 0. The second-order valence-electron chi connectivity index (χ2n) is 5.79. The molecule has 2 aromatic heterocycles.